The summed E-state index contributed by atoms with van der Waals surface area (Å²) in [5.74, 6) is 0.552. The second-order valence-electron chi connectivity index (χ2n) is 5.25. The van der Waals surface area contributed by atoms with Gasteiger partial charge in [0, 0.05) is 25.5 Å². The third-order valence-corrected chi connectivity index (χ3v) is 6.09. The second kappa shape index (κ2) is 7.30. The first-order valence-corrected chi connectivity index (χ1v) is 10.0. The SMILES string of the molecule is COc1ccc(S(=O)(=O)Nc2ccc(NS(=O)(=O)N(C)C)cc2)cc1. The molecule has 0 aliphatic heterocycles. The Morgan fingerprint density at radius 2 is 1.28 bits per heavy atom. The molecule has 0 atom stereocenters. The van der Waals surface area contributed by atoms with Gasteiger partial charge in [-0.3, -0.25) is 9.44 Å². The third-order valence-electron chi connectivity index (χ3n) is 3.23. The molecule has 2 N–H and O–H groups in total. The molecule has 0 aliphatic carbocycles. The van der Waals surface area contributed by atoms with Crippen molar-refractivity contribution in [1.82, 2.24) is 4.31 Å². The Labute approximate surface area is 147 Å². The first-order valence-electron chi connectivity index (χ1n) is 7.11. The summed E-state index contributed by atoms with van der Waals surface area (Å²) in [6, 6.07) is 11.8. The van der Waals surface area contributed by atoms with E-state index in [1.165, 1.54) is 57.6 Å². The van der Waals surface area contributed by atoms with Crippen LogP contribution in [0.2, 0.25) is 0 Å². The molecule has 2 aromatic carbocycles. The number of benzene rings is 2. The van der Waals surface area contributed by atoms with E-state index in [9.17, 15) is 16.8 Å². The highest BCUT2D eigenvalue weighted by atomic mass is 32.2. The molecule has 0 amide bonds. The van der Waals surface area contributed by atoms with Crippen LogP contribution in [0.25, 0.3) is 0 Å². The Kier molecular flexibility index (Phi) is 5.55. The number of ether oxygens (including phenoxy) is 1. The van der Waals surface area contributed by atoms with Gasteiger partial charge in [0.25, 0.3) is 10.0 Å². The summed E-state index contributed by atoms with van der Waals surface area (Å²) < 4.78 is 59.0. The summed E-state index contributed by atoms with van der Waals surface area (Å²) >= 11 is 0. The Morgan fingerprint density at radius 1 is 0.800 bits per heavy atom. The van der Waals surface area contributed by atoms with Crippen molar-refractivity contribution >= 4 is 31.6 Å². The lowest BCUT2D eigenvalue weighted by molar-refractivity contribution is 0.414. The number of rotatable bonds is 7. The summed E-state index contributed by atoms with van der Waals surface area (Å²) in [6.07, 6.45) is 0. The fraction of sp³-hybridized carbons (Fsp3) is 0.200. The van der Waals surface area contributed by atoms with Gasteiger partial charge in [-0.15, -0.1) is 0 Å². The molecule has 0 bridgehead atoms. The first kappa shape index (κ1) is 19.0. The number of sulfonamides is 1. The Morgan fingerprint density at radius 3 is 1.72 bits per heavy atom. The van der Waals surface area contributed by atoms with Crippen molar-refractivity contribution in [1.29, 1.82) is 0 Å². The van der Waals surface area contributed by atoms with Crippen LogP contribution in [0.3, 0.4) is 0 Å². The van der Waals surface area contributed by atoms with Crippen molar-refractivity contribution in [3.05, 3.63) is 48.5 Å². The van der Waals surface area contributed by atoms with Gasteiger partial charge in [-0.1, -0.05) is 0 Å². The molecule has 0 aliphatic rings. The van der Waals surface area contributed by atoms with Crippen molar-refractivity contribution < 1.29 is 21.6 Å². The lowest BCUT2D eigenvalue weighted by Gasteiger charge is -2.14. The van der Waals surface area contributed by atoms with Crippen LogP contribution < -0.4 is 14.2 Å². The van der Waals surface area contributed by atoms with E-state index in [-0.39, 0.29) is 4.90 Å². The molecule has 2 rings (SSSR count). The predicted molar refractivity (Wildman–Crippen MR) is 96.5 cm³/mol. The number of hydrogen-bond acceptors (Lipinski definition) is 5. The third kappa shape index (κ3) is 4.84. The fourth-order valence-corrected chi connectivity index (χ4v) is 3.49. The standard InChI is InChI=1S/C15H19N3O5S2/c1-18(2)25(21,22)17-13-6-4-12(5-7-13)16-24(19,20)15-10-8-14(23-3)9-11-15/h4-11,16-17H,1-3H3. The smallest absolute Gasteiger partial charge is 0.301 e. The van der Waals surface area contributed by atoms with Crippen molar-refractivity contribution in [3.63, 3.8) is 0 Å². The van der Waals surface area contributed by atoms with E-state index in [1.807, 2.05) is 0 Å². The summed E-state index contributed by atoms with van der Waals surface area (Å²) in [5, 5.41) is 0. The summed E-state index contributed by atoms with van der Waals surface area (Å²) in [5.41, 5.74) is 0.629. The molecule has 10 heteroatoms. The Bertz CT molecular complexity index is 922. The second-order valence-corrected chi connectivity index (χ2v) is 8.81. The Hall–Kier alpha value is -2.30. The summed E-state index contributed by atoms with van der Waals surface area (Å²) in [4.78, 5) is 0.0886. The molecule has 8 nitrogen and oxygen atoms in total. The molecule has 25 heavy (non-hydrogen) atoms. The maximum atomic E-state index is 12.3. The maximum absolute atomic E-state index is 12.3. The van der Waals surface area contributed by atoms with Crippen molar-refractivity contribution in [2.75, 3.05) is 30.6 Å². The molecule has 0 aromatic heterocycles. The zero-order chi connectivity index (χ0) is 18.7. The summed E-state index contributed by atoms with van der Waals surface area (Å²) in [7, 11) is -3.07. The van der Waals surface area contributed by atoms with Crippen molar-refractivity contribution in [2.45, 2.75) is 4.90 Å². The molecular formula is C15H19N3O5S2. The van der Waals surface area contributed by atoms with E-state index in [2.05, 4.69) is 9.44 Å². The van der Waals surface area contributed by atoms with Gasteiger partial charge in [-0.2, -0.15) is 12.7 Å². The van der Waals surface area contributed by atoms with Gasteiger partial charge in [0.1, 0.15) is 5.75 Å². The summed E-state index contributed by atoms with van der Waals surface area (Å²) in [6.45, 7) is 0. The van der Waals surface area contributed by atoms with Crippen LogP contribution >= 0.6 is 0 Å². The van der Waals surface area contributed by atoms with Gasteiger partial charge in [-0.05, 0) is 48.5 Å². The van der Waals surface area contributed by atoms with Crippen LogP contribution in [0.5, 0.6) is 5.75 Å². The van der Waals surface area contributed by atoms with Gasteiger partial charge >= 0.3 is 10.2 Å². The fourth-order valence-electron chi connectivity index (χ4n) is 1.82. The zero-order valence-corrected chi connectivity index (χ0v) is 15.6. The van der Waals surface area contributed by atoms with E-state index in [4.69, 9.17) is 4.74 Å². The lowest BCUT2D eigenvalue weighted by Crippen LogP contribution is -2.28. The topological polar surface area (TPSA) is 105 Å². The van der Waals surface area contributed by atoms with Gasteiger partial charge < -0.3 is 4.74 Å². The number of hydrogen-bond donors (Lipinski definition) is 2. The normalized spacial score (nSPS) is 12.0. The minimum absolute atomic E-state index is 0.0886. The molecule has 0 fully saturated rings. The molecule has 0 heterocycles. The van der Waals surface area contributed by atoms with Gasteiger partial charge in [-0.25, -0.2) is 8.42 Å². The average Bonchev–Trinajstić information content (AvgIpc) is 2.56. The van der Waals surface area contributed by atoms with E-state index < -0.39 is 20.2 Å². The largest absolute Gasteiger partial charge is 0.497 e. The van der Waals surface area contributed by atoms with Gasteiger partial charge in [0.05, 0.1) is 12.0 Å². The maximum Gasteiger partial charge on any atom is 0.301 e. The highest BCUT2D eigenvalue weighted by Gasteiger charge is 2.15. The van der Waals surface area contributed by atoms with Crippen LogP contribution in [0.4, 0.5) is 11.4 Å². The number of nitrogens with one attached hydrogen (secondary N) is 2. The molecule has 136 valence electrons. The molecule has 0 saturated heterocycles. The van der Waals surface area contributed by atoms with Gasteiger partial charge in [0.2, 0.25) is 0 Å². The number of anilines is 2. The minimum atomic E-state index is -3.75. The van der Waals surface area contributed by atoms with E-state index in [0.29, 0.717) is 17.1 Å². The van der Waals surface area contributed by atoms with Crippen LogP contribution in [-0.2, 0) is 20.2 Å². The van der Waals surface area contributed by atoms with Crippen molar-refractivity contribution in [2.24, 2.45) is 0 Å². The number of methoxy groups -OCH3 is 1. The minimum Gasteiger partial charge on any atom is -0.497 e. The van der Waals surface area contributed by atoms with Crippen LogP contribution in [0.1, 0.15) is 0 Å². The van der Waals surface area contributed by atoms with E-state index in [0.717, 1.165) is 4.31 Å². The molecule has 0 radical (unpaired) electrons. The van der Waals surface area contributed by atoms with E-state index >= 15 is 0 Å². The van der Waals surface area contributed by atoms with Gasteiger partial charge in [0.15, 0.2) is 0 Å². The molecule has 2 aromatic rings. The van der Waals surface area contributed by atoms with Crippen LogP contribution in [0.15, 0.2) is 53.4 Å². The molecule has 0 saturated carbocycles. The molecule has 0 unspecified atom stereocenters. The van der Waals surface area contributed by atoms with E-state index in [1.54, 1.807) is 12.1 Å². The monoisotopic (exact) mass is 385 g/mol. The zero-order valence-electron chi connectivity index (χ0n) is 13.9. The molecule has 0 spiro atoms. The highest BCUT2D eigenvalue weighted by molar-refractivity contribution is 7.92. The van der Waals surface area contributed by atoms with Crippen LogP contribution in [-0.4, -0.2) is 42.3 Å². The molecular weight excluding hydrogens is 366 g/mol. The number of nitrogens with zero attached hydrogens (tertiary/aromatic N) is 1. The predicted octanol–water partition coefficient (Wildman–Crippen LogP) is 1.71. The van der Waals surface area contributed by atoms with Crippen molar-refractivity contribution in [3.8, 4) is 5.75 Å². The highest BCUT2D eigenvalue weighted by Crippen LogP contribution is 2.21. The van der Waals surface area contributed by atoms with Crippen LogP contribution in [0, 0.1) is 0 Å². The lowest BCUT2D eigenvalue weighted by atomic mass is 10.3. The average molecular weight is 385 g/mol. The quantitative estimate of drug-likeness (QED) is 0.755. The first-order chi connectivity index (χ1) is 11.6. The Balaban J connectivity index is 2.14.